The Kier molecular flexibility index (Phi) is 5.08. The molecule has 134 valence electrons. The lowest BCUT2D eigenvalue weighted by atomic mass is 9.90. The van der Waals surface area contributed by atoms with Gasteiger partial charge < -0.3 is 10.1 Å². The molecule has 1 aromatic heterocycles. The minimum absolute atomic E-state index is 0.135. The normalized spacial score (nSPS) is 28.3. The Hall–Kier alpha value is -1.25. The van der Waals surface area contributed by atoms with Crippen LogP contribution in [0.5, 0.6) is 0 Å². The van der Waals surface area contributed by atoms with Gasteiger partial charge in [-0.3, -0.25) is 0 Å². The van der Waals surface area contributed by atoms with Gasteiger partial charge in [-0.05, 0) is 38.3 Å². The van der Waals surface area contributed by atoms with Crippen LogP contribution in [0, 0.1) is 6.92 Å². The third-order valence-electron chi connectivity index (χ3n) is 4.72. The first-order valence-electron chi connectivity index (χ1n) is 8.61. The van der Waals surface area contributed by atoms with Gasteiger partial charge in [-0.25, -0.2) is 8.42 Å². The van der Waals surface area contributed by atoms with Crippen molar-refractivity contribution in [2.45, 2.75) is 51.2 Å². The predicted molar refractivity (Wildman–Crippen MR) is 92.4 cm³/mol. The van der Waals surface area contributed by atoms with Crippen molar-refractivity contribution in [1.29, 1.82) is 0 Å². The maximum absolute atomic E-state index is 12.4. The molecular weight excluding hydrogens is 328 g/mol. The maximum Gasteiger partial charge on any atom is 0.214 e. The van der Waals surface area contributed by atoms with Crippen LogP contribution in [-0.2, 0) is 14.8 Å². The zero-order valence-corrected chi connectivity index (χ0v) is 15.2. The molecule has 2 aliphatic heterocycles. The number of nitrogens with zero attached hydrogens (tertiary/aromatic N) is 3. The number of ether oxygens (including phenoxy) is 1. The van der Waals surface area contributed by atoms with Crippen LogP contribution in [0.3, 0.4) is 0 Å². The zero-order valence-electron chi connectivity index (χ0n) is 14.4. The van der Waals surface area contributed by atoms with E-state index in [1.54, 1.807) is 4.31 Å². The van der Waals surface area contributed by atoms with Crippen molar-refractivity contribution in [3.63, 3.8) is 0 Å². The number of rotatable bonds is 5. The lowest BCUT2D eigenvalue weighted by molar-refractivity contribution is -0.0329. The predicted octanol–water partition coefficient (Wildman–Crippen LogP) is 1.56. The molecule has 7 nitrogen and oxygen atoms in total. The average molecular weight is 354 g/mol. The zero-order chi connectivity index (χ0) is 17.2. The minimum Gasteiger partial charge on any atom is -0.371 e. The number of hydrogen-bond acceptors (Lipinski definition) is 6. The molecule has 0 unspecified atom stereocenters. The van der Waals surface area contributed by atoms with Crippen molar-refractivity contribution in [1.82, 2.24) is 14.5 Å². The second-order valence-corrected chi connectivity index (χ2v) is 8.94. The number of nitrogens with one attached hydrogen (secondary N) is 1. The second-order valence-electron chi connectivity index (χ2n) is 6.85. The van der Waals surface area contributed by atoms with E-state index >= 15 is 0 Å². The molecule has 3 rings (SSSR count). The van der Waals surface area contributed by atoms with E-state index < -0.39 is 10.0 Å². The van der Waals surface area contributed by atoms with Crippen molar-refractivity contribution in [2.75, 3.05) is 30.8 Å². The Morgan fingerprint density at radius 2 is 2.25 bits per heavy atom. The van der Waals surface area contributed by atoms with Gasteiger partial charge in [0.25, 0.3) is 0 Å². The van der Waals surface area contributed by atoms with Crippen LogP contribution in [0.1, 0.15) is 38.3 Å². The molecule has 24 heavy (non-hydrogen) atoms. The molecule has 0 aliphatic carbocycles. The number of sulfonamides is 1. The van der Waals surface area contributed by atoms with Gasteiger partial charge >= 0.3 is 0 Å². The summed E-state index contributed by atoms with van der Waals surface area (Å²) in [5.41, 5.74) is 0.512. The number of aryl methyl sites for hydroxylation is 1. The second kappa shape index (κ2) is 6.93. The van der Waals surface area contributed by atoms with Crippen LogP contribution in [0.2, 0.25) is 0 Å². The molecule has 2 saturated heterocycles. The highest BCUT2D eigenvalue weighted by Crippen LogP contribution is 2.36. The quantitative estimate of drug-likeness (QED) is 0.864. The van der Waals surface area contributed by atoms with E-state index in [9.17, 15) is 8.42 Å². The summed E-state index contributed by atoms with van der Waals surface area (Å²) >= 11 is 0. The van der Waals surface area contributed by atoms with Gasteiger partial charge in [0, 0.05) is 19.5 Å². The molecule has 2 atom stereocenters. The van der Waals surface area contributed by atoms with E-state index in [1.807, 2.05) is 26.0 Å². The highest BCUT2D eigenvalue weighted by Gasteiger charge is 2.45. The summed E-state index contributed by atoms with van der Waals surface area (Å²) in [7, 11) is -3.17. The van der Waals surface area contributed by atoms with Crippen LogP contribution >= 0.6 is 0 Å². The lowest BCUT2D eigenvalue weighted by Gasteiger charge is -2.39. The first-order chi connectivity index (χ1) is 11.4. The first kappa shape index (κ1) is 17.6. The first-order valence-corrected chi connectivity index (χ1v) is 10.2. The summed E-state index contributed by atoms with van der Waals surface area (Å²) in [5.74, 6) is 0.946. The van der Waals surface area contributed by atoms with Crippen molar-refractivity contribution in [2.24, 2.45) is 0 Å². The molecule has 0 aromatic carbocycles. The number of piperidine rings is 1. The minimum atomic E-state index is -3.17. The molecule has 1 aromatic rings. The summed E-state index contributed by atoms with van der Waals surface area (Å²) < 4.78 is 32.4. The summed E-state index contributed by atoms with van der Waals surface area (Å²) in [6.07, 6.45) is 3.19. The highest BCUT2D eigenvalue weighted by molar-refractivity contribution is 7.89. The standard InChI is InChI=1S/C16H26N4O3S/c1-3-9-24(21,22)20-8-4-7-16(12-20)10-14(11-23-16)17-15-6-5-13(2)18-19-15/h5-6,14H,3-4,7-12H2,1-2H3,(H,17,19)/t14-,16-/m0/s1. The fraction of sp³-hybridized carbons (Fsp3) is 0.750. The summed E-state index contributed by atoms with van der Waals surface area (Å²) in [6, 6.07) is 3.96. The SMILES string of the molecule is CCCS(=O)(=O)N1CCC[C@]2(C[C@H](Nc3ccc(C)nn3)CO2)C1. The Morgan fingerprint density at radius 3 is 2.96 bits per heavy atom. The maximum atomic E-state index is 12.4. The van der Waals surface area contributed by atoms with E-state index in [1.165, 1.54) is 0 Å². The fourth-order valence-corrected chi connectivity index (χ4v) is 5.20. The third kappa shape index (κ3) is 3.87. The van der Waals surface area contributed by atoms with Crippen molar-refractivity contribution < 1.29 is 13.2 Å². The van der Waals surface area contributed by atoms with Crippen LogP contribution in [-0.4, -0.2) is 60.0 Å². The van der Waals surface area contributed by atoms with E-state index in [0.717, 1.165) is 30.8 Å². The Bertz CT molecular complexity index is 664. The van der Waals surface area contributed by atoms with Gasteiger partial charge in [-0.2, -0.15) is 9.40 Å². The lowest BCUT2D eigenvalue weighted by Crippen LogP contribution is -2.50. The van der Waals surface area contributed by atoms with Gasteiger partial charge in [0.15, 0.2) is 0 Å². The largest absolute Gasteiger partial charge is 0.371 e. The van der Waals surface area contributed by atoms with Gasteiger partial charge in [0.1, 0.15) is 5.82 Å². The van der Waals surface area contributed by atoms with Crippen molar-refractivity contribution >= 4 is 15.8 Å². The molecule has 0 radical (unpaired) electrons. The molecule has 0 amide bonds. The molecular formula is C16H26N4O3S. The number of aromatic nitrogens is 2. The van der Waals surface area contributed by atoms with Gasteiger partial charge in [0.05, 0.1) is 29.7 Å². The van der Waals surface area contributed by atoms with E-state index in [2.05, 4.69) is 15.5 Å². The topological polar surface area (TPSA) is 84.4 Å². The van der Waals surface area contributed by atoms with Gasteiger partial charge in [-0.1, -0.05) is 6.92 Å². The molecule has 8 heteroatoms. The summed E-state index contributed by atoms with van der Waals surface area (Å²) in [6.45, 7) is 5.43. The van der Waals surface area contributed by atoms with E-state index in [0.29, 0.717) is 26.1 Å². The molecule has 3 heterocycles. The monoisotopic (exact) mass is 354 g/mol. The van der Waals surface area contributed by atoms with Crippen LogP contribution in [0.25, 0.3) is 0 Å². The highest BCUT2D eigenvalue weighted by atomic mass is 32.2. The number of anilines is 1. The molecule has 1 N–H and O–H groups in total. The Labute approximate surface area is 143 Å². The van der Waals surface area contributed by atoms with E-state index in [-0.39, 0.29) is 17.4 Å². The third-order valence-corrected chi connectivity index (χ3v) is 6.74. The van der Waals surface area contributed by atoms with Crippen LogP contribution < -0.4 is 5.32 Å². The molecule has 2 fully saturated rings. The fourth-order valence-electron chi connectivity index (χ4n) is 3.59. The summed E-state index contributed by atoms with van der Waals surface area (Å²) in [5, 5.41) is 11.5. The van der Waals surface area contributed by atoms with Crippen molar-refractivity contribution in [3.8, 4) is 0 Å². The Balaban J connectivity index is 1.63. The average Bonchev–Trinajstić information content (AvgIpc) is 2.92. The van der Waals surface area contributed by atoms with Crippen molar-refractivity contribution in [3.05, 3.63) is 17.8 Å². The molecule has 2 aliphatic rings. The van der Waals surface area contributed by atoms with Crippen LogP contribution in [0.4, 0.5) is 5.82 Å². The summed E-state index contributed by atoms with van der Waals surface area (Å²) in [4.78, 5) is 0. The number of hydrogen-bond donors (Lipinski definition) is 1. The molecule has 0 bridgehead atoms. The van der Waals surface area contributed by atoms with Gasteiger partial charge in [-0.15, -0.1) is 5.10 Å². The van der Waals surface area contributed by atoms with E-state index in [4.69, 9.17) is 4.74 Å². The van der Waals surface area contributed by atoms with Crippen LogP contribution in [0.15, 0.2) is 12.1 Å². The van der Waals surface area contributed by atoms with Gasteiger partial charge in [0.2, 0.25) is 10.0 Å². The molecule has 1 spiro atoms. The molecule has 0 saturated carbocycles. The smallest absolute Gasteiger partial charge is 0.214 e. The Morgan fingerprint density at radius 1 is 1.42 bits per heavy atom.